The van der Waals surface area contributed by atoms with E-state index in [0.717, 1.165) is 18.2 Å². The quantitative estimate of drug-likeness (QED) is 0.856. The second kappa shape index (κ2) is 5.09. The van der Waals surface area contributed by atoms with Gasteiger partial charge in [-0.3, -0.25) is 0 Å². The highest BCUT2D eigenvalue weighted by Crippen LogP contribution is 2.35. The highest BCUT2D eigenvalue weighted by Gasteiger charge is 2.31. The van der Waals surface area contributed by atoms with E-state index in [1.807, 2.05) is 6.07 Å². The molecule has 0 aliphatic carbocycles. The van der Waals surface area contributed by atoms with Crippen LogP contribution in [0.2, 0.25) is 0 Å². The van der Waals surface area contributed by atoms with E-state index in [1.54, 1.807) is 6.07 Å². The average molecular weight is 279 g/mol. The summed E-state index contributed by atoms with van der Waals surface area (Å²) in [7, 11) is 0. The van der Waals surface area contributed by atoms with Crippen molar-refractivity contribution >= 4 is 5.69 Å². The first-order valence-electron chi connectivity index (χ1n) is 5.41. The Kier molecular flexibility index (Phi) is 3.48. The molecular formula is C13H8F3N3O. The zero-order valence-electron chi connectivity index (χ0n) is 9.98. The number of pyridine rings is 1. The lowest BCUT2D eigenvalue weighted by Gasteiger charge is -2.11. The van der Waals surface area contributed by atoms with Crippen molar-refractivity contribution in [1.82, 2.24) is 4.98 Å². The molecule has 102 valence electrons. The number of ether oxygens (including phenoxy) is 1. The SMILES string of the molecule is N#Cc1cccnc1Oc1ccc(C(F)(F)F)cc1N. The number of anilines is 1. The summed E-state index contributed by atoms with van der Waals surface area (Å²) in [5.41, 5.74) is 4.62. The maximum absolute atomic E-state index is 12.5. The third-order valence-electron chi connectivity index (χ3n) is 2.44. The first kappa shape index (κ1) is 13.7. The van der Waals surface area contributed by atoms with Gasteiger partial charge in [0, 0.05) is 6.20 Å². The number of halogens is 3. The molecule has 1 aromatic heterocycles. The number of benzene rings is 1. The summed E-state index contributed by atoms with van der Waals surface area (Å²) in [5.74, 6) is -0.00495. The van der Waals surface area contributed by atoms with E-state index in [9.17, 15) is 13.2 Å². The Morgan fingerprint density at radius 3 is 2.60 bits per heavy atom. The molecule has 7 heteroatoms. The smallest absolute Gasteiger partial charge is 0.416 e. The van der Waals surface area contributed by atoms with Crippen LogP contribution in [0, 0.1) is 11.3 Å². The topological polar surface area (TPSA) is 71.9 Å². The lowest BCUT2D eigenvalue weighted by atomic mass is 10.2. The molecule has 0 fully saturated rings. The largest absolute Gasteiger partial charge is 0.436 e. The average Bonchev–Trinajstić information content (AvgIpc) is 2.40. The van der Waals surface area contributed by atoms with Gasteiger partial charge in [0.2, 0.25) is 5.88 Å². The van der Waals surface area contributed by atoms with Crippen molar-refractivity contribution < 1.29 is 17.9 Å². The minimum Gasteiger partial charge on any atom is -0.436 e. The van der Waals surface area contributed by atoms with Gasteiger partial charge in [0.15, 0.2) is 5.75 Å². The van der Waals surface area contributed by atoms with Crippen LogP contribution in [0.15, 0.2) is 36.5 Å². The van der Waals surface area contributed by atoms with Gasteiger partial charge < -0.3 is 10.5 Å². The molecule has 0 atom stereocenters. The minimum absolute atomic E-state index is 0.00759. The predicted molar refractivity (Wildman–Crippen MR) is 64.9 cm³/mol. The number of rotatable bonds is 2. The van der Waals surface area contributed by atoms with Gasteiger partial charge in [0.05, 0.1) is 11.3 Å². The lowest BCUT2D eigenvalue weighted by Crippen LogP contribution is -2.06. The molecule has 0 saturated carbocycles. The van der Waals surface area contributed by atoms with E-state index < -0.39 is 11.7 Å². The molecule has 0 unspecified atom stereocenters. The molecule has 0 bridgehead atoms. The van der Waals surface area contributed by atoms with Crippen LogP contribution in [0.5, 0.6) is 11.6 Å². The van der Waals surface area contributed by atoms with E-state index in [-0.39, 0.29) is 22.9 Å². The summed E-state index contributed by atoms with van der Waals surface area (Å²) < 4.78 is 42.8. The van der Waals surface area contributed by atoms with E-state index in [2.05, 4.69) is 4.98 Å². The van der Waals surface area contributed by atoms with Crippen LogP contribution in [0.25, 0.3) is 0 Å². The number of hydrogen-bond acceptors (Lipinski definition) is 4. The Bertz CT molecular complexity index is 677. The van der Waals surface area contributed by atoms with Crippen LogP contribution >= 0.6 is 0 Å². The maximum Gasteiger partial charge on any atom is 0.416 e. The molecule has 20 heavy (non-hydrogen) atoms. The van der Waals surface area contributed by atoms with Crippen molar-refractivity contribution in [2.24, 2.45) is 0 Å². The zero-order valence-corrected chi connectivity index (χ0v) is 9.98. The summed E-state index contributed by atoms with van der Waals surface area (Å²) in [5, 5.41) is 8.87. The molecule has 0 radical (unpaired) electrons. The zero-order chi connectivity index (χ0) is 14.8. The number of hydrogen-bond donors (Lipinski definition) is 1. The van der Waals surface area contributed by atoms with Crippen LogP contribution in [-0.2, 0) is 6.18 Å². The Labute approximate surface area is 112 Å². The van der Waals surface area contributed by atoms with Crippen LogP contribution in [0.4, 0.5) is 18.9 Å². The van der Waals surface area contributed by atoms with Crippen molar-refractivity contribution in [3.05, 3.63) is 47.7 Å². The number of aromatic nitrogens is 1. The molecule has 0 aliphatic rings. The third-order valence-corrected chi connectivity index (χ3v) is 2.44. The van der Waals surface area contributed by atoms with Crippen LogP contribution in [-0.4, -0.2) is 4.98 Å². The summed E-state index contributed by atoms with van der Waals surface area (Å²) in [6.45, 7) is 0. The van der Waals surface area contributed by atoms with Gasteiger partial charge in [-0.1, -0.05) is 0 Å². The fourth-order valence-electron chi connectivity index (χ4n) is 1.48. The van der Waals surface area contributed by atoms with Crippen molar-refractivity contribution in [2.45, 2.75) is 6.18 Å². The first-order chi connectivity index (χ1) is 9.41. The number of nitrogen functional groups attached to an aromatic ring is 1. The summed E-state index contributed by atoms with van der Waals surface area (Å²) >= 11 is 0. The molecule has 0 saturated heterocycles. The molecule has 4 nitrogen and oxygen atoms in total. The van der Waals surface area contributed by atoms with Gasteiger partial charge in [0.25, 0.3) is 0 Å². The summed E-state index contributed by atoms with van der Waals surface area (Å²) in [4.78, 5) is 3.83. The fraction of sp³-hybridized carbons (Fsp3) is 0.0769. The van der Waals surface area contributed by atoms with Crippen LogP contribution < -0.4 is 10.5 Å². The molecule has 1 aromatic carbocycles. The Balaban J connectivity index is 2.34. The Hall–Kier alpha value is -2.75. The molecule has 0 aliphatic heterocycles. The van der Waals surface area contributed by atoms with Gasteiger partial charge in [-0.05, 0) is 30.3 Å². The van der Waals surface area contributed by atoms with Gasteiger partial charge in [-0.15, -0.1) is 0 Å². The second-order valence-corrected chi connectivity index (χ2v) is 3.82. The molecular weight excluding hydrogens is 271 g/mol. The van der Waals surface area contributed by atoms with Gasteiger partial charge in [-0.25, -0.2) is 4.98 Å². The van der Waals surface area contributed by atoms with Crippen molar-refractivity contribution in [3.63, 3.8) is 0 Å². The van der Waals surface area contributed by atoms with E-state index in [4.69, 9.17) is 15.7 Å². The Morgan fingerprint density at radius 2 is 2.00 bits per heavy atom. The molecule has 2 aromatic rings. The van der Waals surface area contributed by atoms with Crippen molar-refractivity contribution in [3.8, 4) is 17.7 Å². The number of nitrogens with two attached hydrogens (primary N) is 1. The van der Waals surface area contributed by atoms with Crippen molar-refractivity contribution in [1.29, 1.82) is 5.26 Å². The number of nitrogens with zero attached hydrogens (tertiary/aromatic N) is 2. The van der Waals surface area contributed by atoms with Crippen LogP contribution in [0.3, 0.4) is 0 Å². The third kappa shape index (κ3) is 2.80. The summed E-state index contributed by atoms with van der Waals surface area (Å²) in [6, 6.07) is 7.59. The normalized spacial score (nSPS) is 10.9. The second-order valence-electron chi connectivity index (χ2n) is 3.82. The molecule has 0 amide bonds. The molecule has 1 heterocycles. The van der Waals surface area contributed by atoms with Gasteiger partial charge in [0.1, 0.15) is 11.6 Å². The maximum atomic E-state index is 12.5. The minimum atomic E-state index is -4.48. The summed E-state index contributed by atoms with van der Waals surface area (Å²) in [6.07, 6.45) is -3.08. The van der Waals surface area contributed by atoms with Crippen LogP contribution in [0.1, 0.15) is 11.1 Å². The number of alkyl halides is 3. The monoisotopic (exact) mass is 279 g/mol. The Morgan fingerprint density at radius 1 is 1.25 bits per heavy atom. The first-order valence-corrected chi connectivity index (χ1v) is 5.41. The van der Waals surface area contributed by atoms with E-state index >= 15 is 0 Å². The number of nitriles is 1. The fourth-order valence-corrected chi connectivity index (χ4v) is 1.48. The highest BCUT2D eigenvalue weighted by molar-refractivity contribution is 5.56. The predicted octanol–water partition coefficient (Wildman–Crippen LogP) is 3.35. The molecule has 2 N–H and O–H groups in total. The lowest BCUT2D eigenvalue weighted by molar-refractivity contribution is -0.137. The van der Waals surface area contributed by atoms with Crippen molar-refractivity contribution in [2.75, 3.05) is 5.73 Å². The molecule has 2 rings (SSSR count). The van der Waals surface area contributed by atoms with Gasteiger partial charge >= 0.3 is 6.18 Å². The van der Waals surface area contributed by atoms with Gasteiger partial charge in [-0.2, -0.15) is 18.4 Å². The highest BCUT2D eigenvalue weighted by atomic mass is 19.4. The van der Waals surface area contributed by atoms with E-state index in [1.165, 1.54) is 12.3 Å². The molecule has 0 spiro atoms. The standard InChI is InChI=1S/C13H8F3N3O/c14-13(15,16)9-3-4-11(10(18)6-9)20-12-8(7-17)2-1-5-19-12/h1-6H,18H2. The van der Waals surface area contributed by atoms with E-state index in [0.29, 0.717) is 0 Å².